The maximum Gasteiger partial charge on any atom is 0.140 e. The second kappa shape index (κ2) is 17.0. The van der Waals surface area contributed by atoms with Crippen LogP contribution in [-0.4, -0.2) is 36.3 Å². The number of rotatable bonds is 18. The first-order valence-electron chi connectivity index (χ1n) is 21.5. The summed E-state index contributed by atoms with van der Waals surface area (Å²) >= 11 is 0. The molecule has 2 aromatic carbocycles. The molecule has 0 aromatic heterocycles. The topological polar surface area (TPSA) is 86.7 Å². The average Bonchev–Trinajstić information content (AvgIpc) is 3.57. The minimum absolute atomic E-state index is 0.00761. The van der Waals surface area contributed by atoms with Crippen LogP contribution in [-0.2, 0) is 19.2 Å². The van der Waals surface area contributed by atoms with Gasteiger partial charge in [-0.25, -0.2) is 0 Å². The van der Waals surface area contributed by atoms with E-state index in [1.54, 1.807) is 7.11 Å². The van der Waals surface area contributed by atoms with E-state index in [0.717, 1.165) is 59.1 Å². The van der Waals surface area contributed by atoms with E-state index in [1.807, 2.05) is 45.9 Å². The molecule has 0 spiro atoms. The van der Waals surface area contributed by atoms with E-state index in [-0.39, 0.29) is 41.9 Å². The summed E-state index contributed by atoms with van der Waals surface area (Å²) in [7, 11) is 1.69. The van der Waals surface area contributed by atoms with Crippen molar-refractivity contribution in [2.24, 2.45) is 46.3 Å². The van der Waals surface area contributed by atoms with Crippen LogP contribution in [0.2, 0.25) is 0 Å². The molecule has 6 rings (SSSR count). The first kappa shape index (κ1) is 41.8. The zero-order chi connectivity index (χ0) is 40.5. The van der Waals surface area contributed by atoms with Gasteiger partial charge in [-0.15, -0.1) is 6.58 Å². The van der Waals surface area contributed by atoms with Crippen LogP contribution in [0.3, 0.4) is 0 Å². The van der Waals surface area contributed by atoms with Gasteiger partial charge >= 0.3 is 0 Å². The van der Waals surface area contributed by atoms with Crippen molar-refractivity contribution in [1.29, 1.82) is 0 Å². The van der Waals surface area contributed by atoms with Gasteiger partial charge in [-0.05, 0) is 109 Å². The second-order valence-corrected chi connectivity index (χ2v) is 19.2. The number of fused-ring (bicyclic) bond motifs is 1. The number of carbonyl (C=O) groups is 4. The van der Waals surface area contributed by atoms with Crippen molar-refractivity contribution in [2.75, 3.05) is 7.11 Å². The summed E-state index contributed by atoms with van der Waals surface area (Å²) in [5, 5.41) is 2.00. The number of allylic oxidation sites excluding steroid dienone is 5. The average molecular weight is 763 g/mol. The van der Waals surface area contributed by atoms with Crippen LogP contribution in [0.25, 0.3) is 16.3 Å². The van der Waals surface area contributed by atoms with Crippen LogP contribution in [0.5, 0.6) is 11.5 Å². The summed E-state index contributed by atoms with van der Waals surface area (Å²) in [5.74, 6) is 0.993. The third-order valence-corrected chi connectivity index (χ3v) is 13.7. The van der Waals surface area contributed by atoms with Gasteiger partial charge in [0.25, 0.3) is 0 Å². The Labute approximate surface area is 335 Å². The Kier molecular flexibility index (Phi) is 12.7. The molecule has 56 heavy (non-hydrogen) atoms. The zero-order valence-electron chi connectivity index (χ0n) is 35.4. The molecule has 3 fully saturated rings. The van der Waals surface area contributed by atoms with Crippen molar-refractivity contribution >= 4 is 39.5 Å². The molecule has 302 valence electrons. The smallest absolute Gasteiger partial charge is 0.140 e. The molecule has 6 heteroatoms. The van der Waals surface area contributed by atoms with E-state index in [0.29, 0.717) is 43.9 Å². The summed E-state index contributed by atoms with van der Waals surface area (Å²) in [6.45, 7) is 18.5. The van der Waals surface area contributed by atoms with Crippen molar-refractivity contribution in [3.63, 3.8) is 0 Å². The van der Waals surface area contributed by atoms with Gasteiger partial charge in [0, 0.05) is 54.2 Å². The molecule has 6 nitrogen and oxygen atoms in total. The van der Waals surface area contributed by atoms with Gasteiger partial charge in [0.2, 0.25) is 0 Å². The monoisotopic (exact) mass is 762 g/mol. The first-order valence-corrected chi connectivity index (χ1v) is 21.5. The van der Waals surface area contributed by atoms with Crippen molar-refractivity contribution in [2.45, 2.75) is 138 Å². The molecular weight excluding hydrogens is 697 g/mol. The Morgan fingerprint density at radius 1 is 1.00 bits per heavy atom. The number of Topliss-reactive ketones (excluding diaryl/α,β-unsaturated/α-hetero) is 4. The van der Waals surface area contributed by atoms with E-state index < -0.39 is 34.7 Å². The third kappa shape index (κ3) is 8.85. The summed E-state index contributed by atoms with van der Waals surface area (Å²) in [6, 6.07) is 8.35. The highest BCUT2D eigenvalue weighted by atomic mass is 16.5. The van der Waals surface area contributed by atoms with Gasteiger partial charge in [-0.3, -0.25) is 19.2 Å². The number of methoxy groups -OCH3 is 1. The number of hydrogen-bond donors (Lipinski definition) is 0. The Balaban J connectivity index is 1.34. The van der Waals surface area contributed by atoms with E-state index in [1.165, 1.54) is 24.0 Å². The van der Waals surface area contributed by atoms with Gasteiger partial charge in [-0.1, -0.05) is 91.0 Å². The SMILES string of the molecule is C=CC1CC1(CC(=O)C1CC(Oc2cc(C3=CCC(CC(C)C)=C3)cc3c(C)c(OC)ccc23)CC1C(=O)C(CC(=O)CC1CCCC1)C(C)(C)C)C(=O)CC. The quantitative estimate of drug-likeness (QED) is 0.141. The lowest BCUT2D eigenvalue weighted by molar-refractivity contribution is -0.139. The van der Waals surface area contributed by atoms with Crippen LogP contribution < -0.4 is 9.47 Å². The summed E-state index contributed by atoms with van der Waals surface area (Å²) in [5.41, 5.74) is 3.50. The van der Waals surface area contributed by atoms with Crippen molar-refractivity contribution in [3.8, 4) is 11.5 Å². The number of carbonyl (C=O) groups excluding carboxylic acids is 4. The van der Waals surface area contributed by atoms with Crippen molar-refractivity contribution < 1.29 is 28.7 Å². The lowest BCUT2D eigenvalue weighted by Gasteiger charge is -2.33. The molecule has 0 radical (unpaired) electrons. The second-order valence-electron chi connectivity index (χ2n) is 19.2. The third-order valence-electron chi connectivity index (χ3n) is 13.7. The first-order chi connectivity index (χ1) is 26.6. The molecule has 4 aliphatic rings. The van der Waals surface area contributed by atoms with Gasteiger partial charge < -0.3 is 9.47 Å². The minimum Gasteiger partial charge on any atom is -0.496 e. The number of ether oxygens (including phenoxy) is 2. The lowest BCUT2D eigenvalue weighted by Crippen LogP contribution is -2.38. The molecular formula is C50H66O6. The Morgan fingerprint density at radius 2 is 1.71 bits per heavy atom. The van der Waals surface area contributed by atoms with Crippen molar-refractivity contribution in [3.05, 3.63) is 65.8 Å². The van der Waals surface area contributed by atoms with Crippen LogP contribution in [0, 0.1) is 53.3 Å². The van der Waals surface area contributed by atoms with Gasteiger partial charge in [0.15, 0.2) is 0 Å². The number of aryl methyl sites for hydroxylation is 1. The fraction of sp³-hybridized carbons (Fsp3) is 0.600. The standard InChI is InChI=1S/C50H66O6/c1-10-36-28-50(36,47(53)11-2)29-44(52)41-26-38(27-42(41)48(54)43(49(6,7)8)25-37(51)22-32-14-12-13-15-32)56-46-24-35(34-17-16-33(21-34)20-30(3)4)23-40-31(5)45(55-9)19-18-39(40)46/h10,17-19,21,23-24,30,32,36,38,41-43H,1,11-16,20,22,25-29H2,2-9H3. The van der Waals surface area contributed by atoms with Crippen LogP contribution in [0.1, 0.15) is 136 Å². The van der Waals surface area contributed by atoms with E-state index in [2.05, 4.69) is 51.6 Å². The molecule has 4 aliphatic carbocycles. The summed E-state index contributed by atoms with van der Waals surface area (Å²) in [4.78, 5) is 56.4. The maximum absolute atomic E-state index is 15.0. The van der Waals surface area contributed by atoms with E-state index in [9.17, 15) is 19.2 Å². The molecule has 0 aliphatic heterocycles. The largest absolute Gasteiger partial charge is 0.496 e. The predicted molar refractivity (Wildman–Crippen MR) is 226 cm³/mol. The van der Waals surface area contributed by atoms with Gasteiger partial charge in [0.1, 0.15) is 40.7 Å². The minimum atomic E-state index is -0.723. The molecule has 3 saturated carbocycles. The Morgan fingerprint density at radius 3 is 2.34 bits per heavy atom. The van der Waals surface area contributed by atoms with Crippen molar-refractivity contribution in [1.82, 2.24) is 0 Å². The van der Waals surface area contributed by atoms with Crippen LogP contribution in [0.15, 0.2) is 54.6 Å². The molecule has 0 bridgehead atoms. The molecule has 0 N–H and O–H groups in total. The number of benzene rings is 2. The highest BCUT2D eigenvalue weighted by Crippen LogP contribution is 2.58. The maximum atomic E-state index is 15.0. The molecule has 6 atom stereocenters. The number of ketones is 4. The molecule has 0 saturated heterocycles. The molecule has 0 amide bonds. The van der Waals surface area contributed by atoms with Crippen LogP contribution >= 0.6 is 0 Å². The van der Waals surface area contributed by atoms with E-state index in [4.69, 9.17) is 9.47 Å². The highest BCUT2D eigenvalue weighted by molar-refractivity contribution is 5.99. The fourth-order valence-corrected chi connectivity index (χ4v) is 10.4. The lowest BCUT2D eigenvalue weighted by atomic mass is 9.69. The van der Waals surface area contributed by atoms with Crippen LogP contribution in [0.4, 0.5) is 0 Å². The fourth-order valence-electron chi connectivity index (χ4n) is 10.4. The zero-order valence-corrected chi connectivity index (χ0v) is 35.4. The summed E-state index contributed by atoms with van der Waals surface area (Å²) < 4.78 is 12.8. The van der Waals surface area contributed by atoms with Gasteiger partial charge in [0.05, 0.1) is 7.11 Å². The normalized spacial score (nSPS) is 25.6. The van der Waals surface area contributed by atoms with E-state index >= 15 is 0 Å². The number of hydrogen-bond acceptors (Lipinski definition) is 6. The molecule has 2 aromatic rings. The Hall–Kier alpha value is -3.80. The highest BCUT2D eigenvalue weighted by Gasteiger charge is 2.59. The molecule has 0 heterocycles. The molecule has 6 unspecified atom stereocenters. The Bertz CT molecular complexity index is 1910. The van der Waals surface area contributed by atoms with Gasteiger partial charge in [-0.2, -0.15) is 0 Å². The predicted octanol–water partition coefficient (Wildman–Crippen LogP) is 11.6. The summed E-state index contributed by atoms with van der Waals surface area (Å²) in [6.07, 6.45) is 15.1.